The molecule has 1 saturated carbocycles. The van der Waals surface area contributed by atoms with Gasteiger partial charge in [0.15, 0.2) is 0 Å². The van der Waals surface area contributed by atoms with Crippen molar-refractivity contribution in [3.05, 3.63) is 59.2 Å². The van der Waals surface area contributed by atoms with Gasteiger partial charge >= 0.3 is 0 Å². The van der Waals surface area contributed by atoms with Crippen LogP contribution in [0.3, 0.4) is 0 Å². The molecule has 1 aliphatic heterocycles. The molecule has 3 N–H and O–H groups in total. The van der Waals surface area contributed by atoms with Gasteiger partial charge in [0.1, 0.15) is 5.75 Å². The summed E-state index contributed by atoms with van der Waals surface area (Å²) >= 11 is 0. The van der Waals surface area contributed by atoms with Gasteiger partial charge in [-0.3, -0.25) is 4.90 Å². The van der Waals surface area contributed by atoms with Crippen molar-refractivity contribution in [1.29, 1.82) is 0 Å². The number of likely N-dealkylation sites (tertiary alicyclic amines) is 1. The molecule has 1 saturated heterocycles. The van der Waals surface area contributed by atoms with Crippen LogP contribution in [0.15, 0.2) is 42.5 Å². The van der Waals surface area contributed by atoms with Crippen molar-refractivity contribution in [2.75, 3.05) is 18.8 Å². The summed E-state index contributed by atoms with van der Waals surface area (Å²) in [5.74, 6) is 1.19. The number of aromatic hydroxyl groups is 1. The molecule has 0 radical (unpaired) electrons. The highest BCUT2D eigenvalue weighted by Crippen LogP contribution is 2.56. The molecule has 1 heterocycles. The van der Waals surface area contributed by atoms with Crippen molar-refractivity contribution >= 4 is 5.69 Å². The minimum atomic E-state index is 0.308. The maximum Gasteiger partial charge on any atom is 0.115 e. The summed E-state index contributed by atoms with van der Waals surface area (Å²) in [5.41, 5.74) is 11.4. The number of benzene rings is 2. The van der Waals surface area contributed by atoms with E-state index in [1.807, 2.05) is 12.1 Å². The molecule has 0 aromatic heterocycles. The fourth-order valence-corrected chi connectivity index (χ4v) is 6.37. The van der Waals surface area contributed by atoms with Gasteiger partial charge in [0.25, 0.3) is 0 Å². The van der Waals surface area contributed by atoms with Crippen LogP contribution in [0.5, 0.6) is 5.75 Å². The number of hydrogen-bond donors (Lipinski definition) is 2. The van der Waals surface area contributed by atoms with E-state index >= 15 is 0 Å². The molecule has 2 bridgehead atoms. The third-order valence-electron chi connectivity index (χ3n) is 7.57. The number of fused-ring (bicyclic) bond motifs is 1. The summed E-state index contributed by atoms with van der Waals surface area (Å²) in [6, 6.07) is 15.2. The van der Waals surface area contributed by atoms with Crippen LogP contribution < -0.4 is 5.73 Å². The molecule has 2 aliphatic carbocycles. The number of anilines is 1. The van der Waals surface area contributed by atoms with E-state index in [4.69, 9.17) is 5.73 Å². The standard InChI is InChI=1S/C24H30N2O/c25-19-5-3-4-17(14-19)9-12-26-13-11-24-10-2-1-6-21(24)23(26)15-18-7-8-20(27)16-22(18)24/h3-5,7-8,14,16,21,23,27H,1-2,6,9-13,15,25H2/t21-,23+,24-/m0/s1. The fraction of sp³-hybridized carbons (Fsp3) is 0.500. The van der Waals surface area contributed by atoms with Crippen molar-refractivity contribution in [1.82, 2.24) is 4.90 Å². The molecule has 142 valence electrons. The van der Waals surface area contributed by atoms with Gasteiger partial charge in [-0.25, -0.2) is 0 Å². The van der Waals surface area contributed by atoms with Crippen LogP contribution in [-0.2, 0) is 18.3 Å². The molecule has 0 unspecified atom stereocenters. The maximum atomic E-state index is 10.1. The average Bonchev–Trinajstić information content (AvgIpc) is 2.68. The van der Waals surface area contributed by atoms with Crippen molar-refractivity contribution in [3.8, 4) is 5.75 Å². The summed E-state index contributed by atoms with van der Waals surface area (Å²) in [4.78, 5) is 2.76. The van der Waals surface area contributed by atoms with E-state index in [1.54, 1.807) is 0 Å². The Morgan fingerprint density at radius 1 is 1.11 bits per heavy atom. The Kier molecular flexibility index (Phi) is 4.16. The summed E-state index contributed by atoms with van der Waals surface area (Å²) < 4.78 is 0. The van der Waals surface area contributed by atoms with Crippen molar-refractivity contribution in [3.63, 3.8) is 0 Å². The summed E-state index contributed by atoms with van der Waals surface area (Å²) in [6.07, 6.45) is 8.79. The molecule has 0 spiro atoms. The smallest absolute Gasteiger partial charge is 0.115 e. The number of nitrogen functional groups attached to an aromatic ring is 1. The molecular formula is C24H30N2O. The first-order valence-electron chi connectivity index (χ1n) is 10.6. The molecule has 27 heavy (non-hydrogen) atoms. The van der Waals surface area contributed by atoms with E-state index < -0.39 is 0 Å². The maximum absolute atomic E-state index is 10.1. The number of nitrogens with zero attached hydrogens (tertiary/aromatic N) is 1. The Morgan fingerprint density at radius 2 is 2.04 bits per heavy atom. The predicted molar refractivity (Wildman–Crippen MR) is 110 cm³/mol. The molecule has 0 amide bonds. The molecule has 3 atom stereocenters. The van der Waals surface area contributed by atoms with Crippen LogP contribution in [0.2, 0.25) is 0 Å². The second-order valence-corrected chi connectivity index (χ2v) is 8.90. The minimum absolute atomic E-state index is 0.308. The molecule has 3 heteroatoms. The number of hydrogen-bond acceptors (Lipinski definition) is 3. The molecule has 2 aromatic carbocycles. The Morgan fingerprint density at radius 3 is 2.93 bits per heavy atom. The minimum Gasteiger partial charge on any atom is -0.508 e. The Bertz CT molecular complexity index is 848. The fourth-order valence-electron chi connectivity index (χ4n) is 6.37. The number of rotatable bonds is 3. The van der Waals surface area contributed by atoms with E-state index in [2.05, 4.69) is 35.2 Å². The topological polar surface area (TPSA) is 49.5 Å². The molecule has 2 fully saturated rings. The SMILES string of the molecule is Nc1cccc(CCN2CC[C@@]34CCCC[C@H]3[C@H]2Cc2ccc(O)cc24)c1. The Labute approximate surface area is 162 Å². The van der Waals surface area contributed by atoms with E-state index in [9.17, 15) is 5.11 Å². The van der Waals surface area contributed by atoms with E-state index in [-0.39, 0.29) is 0 Å². The normalized spacial score (nSPS) is 29.8. The zero-order valence-corrected chi connectivity index (χ0v) is 16.0. The molecule has 3 aliphatic rings. The van der Waals surface area contributed by atoms with Gasteiger partial charge in [-0.05, 0) is 85.5 Å². The molecule has 2 aromatic rings. The number of phenolic OH excluding ortho intramolecular Hbond substituents is 1. The zero-order valence-electron chi connectivity index (χ0n) is 16.0. The zero-order chi connectivity index (χ0) is 18.4. The highest BCUT2D eigenvalue weighted by Gasteiger charge is 2.53. The summed E-state index contributed by atoms with van der Waals surface area (Å²) in [7, 11) is 0. The van der Waals surface area contributed by atoms with E-state index in [0.717, 1.165) is 31.0 Å². The monoisotopic (exact) mass is 362 g/mol. The van der Waals surface area contributed by atoms with Crippen LogP contribution in [0.25, 0.3) is 0 Å². The first-order chi connectivity index (χ1) is 13.2. The largest absolute Gasteiger partial charge is 0.508 e. The number of phenols is 1. The second-order valence-electron chi connectivity index (χ2n) is 8.90. The van der Waals surface area contributed by atoms with Crippen LogP contribution in [-0.4, -0.2) is 29.1 Å². The first-order valence-corrected chi connectivity index (χ1v) is 10.6. The predicted octanol–water partition coefficient (Wildman–Crippen LogP) is 4.28. The first kappa shape index (κ1) is 17.1. The van der Waals surface area contributed by atoms with Crippen molar-refractivity contribution in [2.45, 2.75) is 56.4 Å². The summed E-state index contributed by atoms with van der Waals surface area (Å²) in [6.45, 7) is 2.30. The Balaban J connectivity index is 1.43. The quantitative estimate of drug-likeness (QED) is 0.802. The summed E-state index contributed by atoms with van der Waals surface area (Å²) in [5, 5.41) is 10.1. The van der Waals surface area contributed by atoms with Gasteiger partial charge in [0.05, 0.1) is 0 Å². The van der Waals surface area contributed by atoms with Gasteiger partial charge in [-0.15, -0.1) is 0 Å². The lowest BCUT2D eigenvalue weighted by Gasteiger charge is -2.59. The van der Waals surface area contributed by atoms with E-state index in [1.165, 1.54) is 55.3 Å². The molecule has 3 nitrogen and oxygen atoms in total. The average molecular weight is 363 g/mol. The van der Waals surface area contributed by atoms with Crippen LogP contribution in [0, 0.1) is 5.92 Å². The van der Waals surface area contributed by atoms with Crippen molar-refractivity contribution < 1.29 is 5.11 Å². The third kappa shape index (κ3) is 2.84. The molecule has 5 rings (SSSR count). The van der Waals surface area contributed by atoms with Gasteiger partial charge < -0.3 is 10.8 Å². The van der Waals surface area contributed by atoms with Crippen molar-refractivity contribution in [2.24, 2.45) is 5.92 Å². The van der Waals surface area contributed by atoms with Gasteiger partial charge in [0, 0.05) is 23.7 Å². The van der Waals surface area contributed by atoms with Crippen LogP contribution in [0.4, 0.5) is 5.69 Å². The number of piperidine rings is 1. The lowest BCUT2D eigenvalue weighted by Crippen LogP contribution is -2.61. The number of nitrogens with two attached hydrogens (primary N) is 1. The Hall–Kier alpha value is -2.00. The van der Waals surface area contributed by atoms with E-state index in [0.29, 0.717) is 17.2 Å². The van der Waals surface area contributed by atoms with Gasteiger partial charge in [0.2, 0.25) is 0 Å². The second kappa shape index (κ2) is 6.56. The molecular weight excluding hydrogens is 332 g/mol. The van der Waals surface area contributed by atoms with Crippen LogP contribution in [0.1, 0.15) is 48.8 Å². The van der Waals surface area contributed by atoms with Gasteiger partial charge in [-0.2, -0.15) is 0 Å². The lowest BCUT2D eigenvalue weighted by atomic mass is 9.52. The highest BCUT2D eigenvalue weighted by molar-refractivity contribution is 5.45. The van der Waals surface area contributed by atoms with Gasteiger partial charge in [-0.1, -0.05) is 31.0 Å². The third-order valence-corrected chi connectivity index (χ3v) is 7.57. The lowest BCUT2D eigenvalue weighted by molar-refractivity contribution is -0.0106. The van der Waals surface area contributed by atoms with Crippen LogP contribution >= 0.6 is 0 Å². The highest BCUT2D eigenvalue weighted by atomic mass is 16.3.